The van der Waals surface area contributed by atoms with Crippen LogP contribution in [0.5, 0.6) is 0 Å². The number of benzene rings is 2. The van der Waals surface area contributed by atoms with Crippen LogP contribution in [0, 0.1) is 0 Å². The summed E-state index contributed by atoms with van der Waals surface area (Å²) in [5, 5.41) is 10.8. The van der Waals surface area contributed by atoms with E-state index in [1.165, 1.54) is 11.1 Å². The Labute approximate surface area is 106 Å². The number of aliphatic hydroxyl groups excluding tert-OH is 1. The van der Waals surface area contributed by atoms with Crippen molar-refractivity contribution < 1.29 is 5.11 Å². The van der Waals surface area contributed by atoms with Crippen molar-refractivity contribution in [1.82, 2.24) is 0 Å². The zero-order chi connectivity index (χ0) is 11.8. The van der Waals surface area contributed by atoms with Gasteiger partial charge in [0, 0.05) is 10.9 Å². The third kappa shape index (κ3) is 1.86. The van der Waals surface area contributed by atoms with Crippen molar-refractivity contribution >= 4 is 11.6 Å². The molecule has 0 aromatic heterocycles. The number of aliphatic hydroxyl groups is 1. The molecule has 0 bridgehead atoms. The van der Waals surface area contributed by atoms with Crippen LogP contribution in [0.2, 0.25) is 5.02 Å². The van der Waals surface area contributed by atoms with E-state index in [1.54, 1.807) is 0 Å². The molecule has 3 rings (SSSR count). The molecule has 17 heavy (non-hydrogen) atoms. The largest absolute Gasteiger partial charge is 0.388 e. The Morgan fingerprint density at radius 3 is 2.53 bits per heavy atom. The molecular formula is C15H13ClO. The lowest BCUT2D eigenvalue weighted by Gasteiger charge is -2.11. The molecule has 0 radical (unpaired) electrons. The van der Waals surface area contributed by atoms with Gasteiger partial charge < -0.3 is 5.11 Å². The fraction of sp³-hybridized carbons (Fsp3) is 0.200. The third-order valence-corrected chi connectivity index (χ3v) is 3.68. The van der Waals surface area contributed by atoms with Crippen LogP contribution in [0.4, 0.5) is 0 Å². The molecule has 0 aliphatic heterocycles. The van der Waals surface area contributed by atoms with Crippen molar-refractivity contribution in [3.8, 4) is 0 Å². The molecule has 86 valence electrons. The zero-order valence-corrected chi connectivity index (χ0v) is 10.1. The van der Waals surface area contributed by atoms with Crippen molar-refractivity contribution in [2.45, 2.75) is 18.4 Å². The quantitative estimate of drug-likeness (QED) is 0.807. The molecule has 1 aliphatic carbocycles. The summed E-state index contributed by atoms with van der Waals surface area (Å²) in [7, 11) is 0. The first-order valence-corrected chi connectivity index (χ1v) is 6.16. The highest BCUT2D eigenvalue weighted by Crippen LogP contribution is 2.43. The molecule has 1 nitrogen and oxygen atoms in total. The maximum atomic E-state index is 10.0. The van der Waals surface area contributed by atoms with Crippen molar-refractivity contribution in [1.29, 1.82) is 0 Å². The number of fused-ring (bicyclic) bond motifs is 1. The summed E-state index contributed by atoms with van der Waals surface area (Å²) in [5.74, 6) is 0.264. The van der Waals surface area contributed by atoms with Crippen LogP contribution in [-0.2, 0) is 0 Å². The molecule has 2 atom stereocenters. The van der Waals surface area contributed by atoms with Crippen molar-refractivity contribution in [2.24, 2.45) is 0 Å². The molecule has 1 N–H and O–H groups in total. The Bertz CT molecular complexity index is 550. The first-order valence-electron chi connectivity index (χ1n) is 5.78. The molecule has 1 aliphatic rings. The minimum Gasteiger partial charge on any atom is -0.388 e. The first kappa shape index (κ1) is 10.8. The van der Waals surface area contributed by atoms with E-state index >= 15 is 0 Å². The molecule has 0 saturated heterocycles. The van der Waals surface area contributed by atoms with E-state index in [-0.39, 0.29) is 12.0 Å². The molecule has 0 fully saturated rings. The highest BCUT2D eigenvalue weighted by Gasteiger charge is 2.30. The molecule has 0 amide bonds. The Hall–Kier alpha value is -1.31. The summed E-state index contributed by atoms with van der Waals surface area (Å²) >= 11 is 6.02. The van der Waals surface area contributed by atoms with Gasteiger partial charge in [0.1, 0.15) is 0 Å². The Morgan fingerprint density at radius 2 is 1.76 bits per heavy atom. The van der Waals surface area contributed by atoms with Gasteiger partial charge in [-0.15, -0.1) is 0 Å². The van der Waals surface area contributed by atoms with Crippen molar-refractivity contribution in [3.63, 3.8) is 0 Å². The van der Waals surface area contributed by atoms with Crippen LogP contribution in [0.1, 0.15) is 35.1 Å². The number of hydrogen-bond acceptors (Lipinski definition) is 1. The van der Waals surface area contributed by atoms with Gasteiger partial charge in [-0.05, 0) is 35.2 Å². The summed E-state index contributed by atoms with van der Waals surface area (Å²) in [6, 6.07) is 16.0. The normalized spacial score (nSPS) is 22.5. The van der Waals surface area contributed by atoms with E-state index in [0.29, 0.717) is 0 Å². The highest BCUT2D eigenvalue weighted by atomic mass is 35.5. The monoisotopic (exact) mass is 244 g/mol. The highest BCUT2D eigenvalue weighted by molar-refractivity contribution is 6.30. The Morgan fingerprint density at radius 1 is 1.00 bits per heavy atom. The summed E-state index contributed by atoms with van der Waals surface area (Å²) in [4.78, 5) is 0. The van der Waals surface area contributed by atoms with Gasteiger partial charge >= 0.3 is 0 Å². The Balaban J connectivity index is 2.07. The van der Waals surface area contributed by atoms with Crippen LogP contribution in [-0.4, -0.2) is 5.11 Å². The molecule has 0 saturated carbocycles. The summed E-state index contributed by atoms with van der Waals surface area (Å²) in [5.41, 5.74) is 3.46. The Kier molecular flexibility index (Phi) is 2.65. The number of rotatable bonds is 1. The van der Waals surface area contributed by atoms with Crippen LogP contribution in [0.15, 0.2) is 48.5 Å². The summed E-state index contributed by atoms with van der Waals surface area (Å²) < 4.78 is 0. The van der Waals surface area contributed by atoms with Crippen LogP contribution < -0.4 is 0 Å². The van der Waals surface area contributed by atoms with E-state index in [0.717, 1.165) is 17.0 Å². The fourth-order valence-electron chi connectivity index (χ4n) is 2.65. The number of halogens is 1. The van der Waals surface area contributed by atoms with E-state index in [1.807, 2.05) is 36.4 Å². The van der Waals surface area contributed by atoms with Crippen molar-refractivity contribution in [2.75, 3.05) is 0 Å². The minimum atomic E-state index is -0.352. The SMILES string of the molecule is O[C@@H]1C[C@H](c2cccc(Cl)c2)c2ccccc21. The van der Waals surface area contributed by atoms with Crippen LogP contribution in [0.25, 0.3) is 0 Å². The van der Waals surface area contributed by atoms with Gasteiger partial charge in [0.15, 0.2) is 0 Å². The van der Waals surface area contributed by atoms with E-state index in [2.05, 4.69) is 12.1 Å². The topological polar surface area (TPSA) is 20.2 Å². The fourth-order valence-corrected chi connectivity index (χ4v) is 2.85. The van der Waals surface area contributed by atoms with Gasteiger partial charge in [-0.2, -0.15) is 0 Å². The maximum absolute atomic E-state index is 10.0. The lowest BCUT2D eigenvalue weighted by Crippen LogP contribution is -1.96. The predicted molar refractivity (Wildman–Crippen MR) is 69.3 cm³/mol. The van der Waals surface area contributed by atoms with E-state index in [4.69, 9.17) is 11.6 Å². The van der Waals surface area contributed by atoms with Gasteiger partial charge in [0.25, 0.3) is 0 Å². The summed E-state index contributed by atoms with van der Waals surface area (Å²) in [6.07, 6.45) is 0.398. The van der Waals surface area contributed by atoms with Gasteiger partial charge in [-0.1, -0.05) is 48.0 Å². The third-order valence-electron chi connectivity index (χ3n) is 3.44. The van der Waals surface area contributed by atoms with Gasteiger partial charge in [0.05, 0.1) is 6.10 Å². The predicted octanol–water partition coefficient (Wildman–Crippen LogP) is 3.91. The second-order valence-corrected chi connectivity index (χ2v) is 4.92. The molecule has 2 heteroatoms. The average Bonchev–Trinajstić information content (AvgIpc) is 2.68. The lowest BCUT2D eigenvalue weighted by atomic mass is 9.93. The van der Waals surface area contributed by atoms with Gasteiger partial charge in [-0.3, -0.25) is 0 Å². The second kappa shape index (κ2) is 4.17. The van der Waals surface area contributed by atoms with Crippen molar-refractivity contribution in [3.05, 3.63) is 70.2 Å². The standard InChI is InChI=1S/C15H13ClO/c16-11-5-3-4-10(8-11)14-9-15(17)13-7-2-1-6-12(13)14/h1-8,14-15,17H,9H2/t14-,15-/m1/s1. The molecule has 2 aromatic rings. The molecule has 0 heterocycles. The van der Waals surface area contributed by atoms with Gasteiger partial charge in [0.2, 0.25) is 0 Å². The smallest absolute Gasteiger partial charge is 0.0802 e. The molecule has 0 unspecified atom stereocenters. The maximum Gasteiger partial charge on any atom is 0.0802 e. The lowest BCUT2D eigenvalue weighted by molar-refractivity contribution is 0.176. The molecule has 2 aromatic carbocycles. The second-order valence-electron chi connectivity index (χ2n) is 4.49. The first-order chi connectivity index (χ1) is 8.25. The van der Waals surface area contributed by atoms with Crippen LogP contribution in [0.3, 0.4) is 0 Å². The molecule has 0 spiro atoms. The minimum absolute atomic E-state index is 0.264. The zero-order valence-electron chi connectivity index (χ0n) is 9.31. The van der Waals surface area contributed by atoms with Gasteiger partial charge in [-0.25, -0.2) is 0 Å². The van der Waals surface area contributed by atoms with E-state index < -0.39 is 0 Å². The number of hydrogen-bond donors (Lipinski definition) is 1. The van der Waals surface area contributed by atoms with E-state index in [9.17, 15) is 5.11 Å². The average molecular weight is 245 g/mol. The molecular weight excluding hydrogens is 232 g/mol. The van der Waals surface area contributed by atoms with Crippen LogP contribution >= 0.6 is 11.6 Å². The summed E-state index contributed by atoms with van der Waals surface area (Å²) in [6.45, 7) is 0.